The van der Waals surface area contributed by atoms with Gasteiger partial charge in [0.1, 0.15) is 19.3 Å². The van der Waals surface area contributed by atoms with Gasteiger partial charge in [0.2, 0.25) is 0 Å². The van der Waals surface area contributed by atoms with Gasteiger partial charge < -0.3 is 33.8 Å². The van der Waals surface area contributed by atoms with Crippen molar-refractivity contribution in [3.63, 3.8) is 0 Å². The van der Waals surface area contributed by atoms with Crippen molar-refractivity contribution in [2.75, 3.05) is 39.6 Å². The molecule has 90 heavy (non-hydrogen) atoms. The third-order valence-electron chi connectivity index (χ3n) is 15.8. The van der Waals surface area contributed by atoms with Crippen LogP contribution >= 0.6 is 15.6 Å². The minimum Gasteiger partial charge on any atom is -0.462 e. The number of carbonyl (C=O) groups is 4. The zero-order chi connectivity index (χ0) is 66.6. The van der Waals surface area contributed by atoms with E-state index in [9.17, 15) is 43.2 Å². The van der Waals surface area contributed by atoms with Crippen molar-refractivity contribution >= 4 is 39.5 Å². The molecule has 0 bridgehead atoms. The molecule has 0 spiro atoms. The fraction of sp³-hybridized carbons (Fsp3) is 0.887. The van der Waals surface area contributed by atoms with E-state index in [0.29, 0.717) is 37.5 Å². The molecule has 2 unspecified atom stereocenters. The molecule has 0 heterocycles. The van der Waals surface area contributed by atoms with Crippen molar-refractivity contribution in [3.05, 3.63) is 24.3 Å². The summed E-state index contributed by atoms with van der Waals surface area (Å²) in [5.74, 6) is -0.0129. The molecule has 0 saturated carbocycles. The zero-order valence-electron chi connectivity index (χ0n) is 58.1. The van der Waals surface area contributed by atoms with Crippen LogP contribution in [0.25, 0.3) is 0 Å². The Balaban J connectivity index is 5.24. The molecule has 5 atom stereocenters. The number of unbranched alkanes of at least 4 members (excludes halogenated alkanes) is 32. The van der Waals surface area contributed by atoms with E-state index in [4.69, 9.17) is 37.0 Å². The summed E-state index contributed by atoms with van der Waals surface area (Å²) in [6.07, 6.45) is 48.4. The van der Waals surface area contributed by atoms with Crippen molar-refractivity contribution in [1.82, 2.24) is 0 Å². The Labute approximate surface area is 548 Å². The van der Waals surface area contributed by atoms with E-state index in [1.165, 1.54) is 116 Å². The maximum absolute atomic E-state index is 13.0. The monoisotopic (exact) mass is 1320 g/mol. The fourth-order valence-corrected chi connectivity index (χ4v) is 11.8. The molecule has 0 amide bonds. The second kappa shape index (κ2) is 61.4. The summed E-state index contributed by atoms with van der Waals surface area (Å²) in [6, 6.07) is 0. The molecule has 19 heteroatoms. The van der Waals surface area contributed by atoms with Crippen LogP contribution in [0.1, 0.15) is 331 Å². The molecule has 0 rings (SSSR count). The highest BCUT2D eigenvalue weighted by molar-refractivity contribution is 7.47. The van der Waals surface area contributed by atoms with Crippen molar-refractivity contribution < 1.29 is 80.2 Å². The lowest BCUT2D eigenvalue weighted by atomic mass is 10.0. The average molecular weight is 1320 g/mol. The van der Waals surface area contributed by atoms with Gasteiger partial charge in [-0.3, -0.25) is 37.3 Å². The first-order chi connectivity index (χ1) is 43.2. The predicted molar refractivity (Wildman–Crippen MR) is 363 cm³/mol. The van der Waals surface area contributed by atoms with E-state index in [1.807, 2.05) is 0 Å². The zero-order valence-corrected chi connectivity index (χ0v) is 59.9. The topological polar surface area (TPSA) is 237 Å². The Hall–Kier alpha value is -2.46. The van der Waals surface area contributed by atoms with E-state index in [2.05, 4.69) is 72.8 Å². The Morgan fingerprint density at radius 2 is 0.600 bits per heavy atom. The highest BCUT2D eigenvalue weighted by atomic mass is 31.2. The molecule has 0 aliphatic heterocycles. The summed E-state index contributed by atoms with van der Waals surface area (Å²) in [6.45, 7) is 11.6. The van der Waals surface area contributed by atoms with E-state index >= 15 is 0 Å². The molecule has 530 valence electrons. The lowest BCUT2D eigenvalue weighted by Crippen LogP contribution is -2.30. The van der Waals surface area contributed by atoms with Gasteiger partial charge >= 0.3 is 39.5 Å². The molecule has 0 fully saturated rings. The lowest BCUT2D eigenvalue weighted by molar-refractivity contribution is -0.161. The van der Waals surface area contributed by atoms with E-state index in [-0.39, 0.29) is 25.7 Å². The molecule has 0 radical (unpaired) electrons. The second-order valence-electron chi connectivity index (χ2n) is 26.4. The molecular formula is C71H134O17P2. The first-order valence-electron chi connectivity index (χ1n) is 36.2. The number of aliphatic hydroxyl groups excluding tert-OH is 1. The number of phosphoric acid groups is 2. The number of ether oxygens (including phenoxy) is 4. The van der Waals surface area contributed by atoms with Crippen LogP contribution in [0.15, 0.2) is 24.3 Å². The molecular weight excluding hydrogens is 1190 g/mol. The number of hydrogen-bond donors (Lipinski definition) is 3. The fourth-order valence-electron chi connectivity index (χ4n) is 10.2. The van der Waals surface area contributed by atoms with Gasteiger partial charge in [0, 0.05) is 25.7 Å². The van der Waals surface area contributed by atoms with Gasteiger partial charge in [0.05, 0.1) is 26.4 Å². The maximum atomic E-state index is 13.0. The van der Waals surface area contributed by atoms with Crippen LogP contribution in [-0.4, -0.2) is 96.7 Å². The predicted octanol–water partition coefficient (Wildman–Crippen LogP) is 19.8. The summed E-state index contributed by atoms with van der Waals surface area (Å²) < 4.78 is 68.2. The molecule has 0 aliphatic rings. The minimum absolute atomic E-state index is 0.0834. The minimum atomic E-state index is -4.96. The van der Waals surface area contributed by atoms with Crippen LogP contribution in [0, 0.1) is 17.8 Å². The Morgan fingerprint density at radius 1 is 0.344 bits per heavy atom. The van der Waals surface area contributed by atoms with E-state index < -0.39 is 97.5 Å². The van der Waals surface area contributed by atoms with Crippen LogP contribution in [0.2, 0.25) is 0 Å². The lowest BCUT2D eigenvalue weighted by Gasteiger charge is -2.21. The summed E-state index contributed by atoms with van der Waals surface area (Å²) in [7, 11) is -9.91. The molecule has 0 aromatic carbocycles. The molecule has 0 aliphatic carbocycles. The number of aliphatic hydroxyl groups is 1. The first-order valence-corrected chi connectivity index (χ1v) is 39.2. The van der Waals surface area contributed by atoms with Crippen molar-refractivity contribution in [1.29, 1.82) is 0 Å². The van der Waals surface area contributed by atoms with Crippen LogP contribution in [0.3, 0.4) is 0 Å². The standard InChI is InChI=1S/C71H134O17P2/c1-8-9-10-11-12-13-14-15-16-20-23-26-29-40-47-54-70(75)87-66(58-81-68(73)52-45-38-33-31-36-43-50-63(4)5)60-85-89(77,78)83-56-65(72)57-84-90(79,80)86-61-67(59-82-69(74)53-46-39-34-32-37-44-51-64(6)7)88-71(76)55-48-41-30-27-24-21-18-17-19-22-25-28-35-42-49-62(2)3/h13-16,62-67,72H,8-12,17-61H2,1-7H3,(H,77,78)(H,79,80)/b14-13-,16-15-/t65-,66-,67-/m1/s1. The number of phosphoric ester groups is 2. The van der Waals surface area contributed by atoms with Crippen LogP contribution in [-0.2, 0) is 65.4 Å². The number of allylic oxidation sites excluding steroid dienone is 4. The quantitative estimate of drug-likeness (QED) is 0.0169. The smallest absolute Gasteiger partial charge is 0.462 e. The van der Waals surface area contributed by atoms with Crippen LogP contribution < -0.4 is 0 Å². The highest BCUT2D eigenvalue weighted by Crippen LogP contribution is 2.45. The second-order valence-corrected chi connectivity index (χ2v) is 29.3. The van der Waals surface area contributed by atoms with Gasteiger partial charge in [-0.25, -0.2) is 9.13 Å². The number of rotatable bonds is 67. The number of carbonyl (C=O) groups excluding carboxylic acids is 4. The van der Waals surface area contributed by atoms with Crippen molar-refractivity contribution in [2.45, 2.75) is 349 Å². The molecule has 0 aromatic rings. The molecule has 0 saturated heterocycles. The van der Waals surface area contributed by atoms with Crippen molar-refractivity contribution in [2.24, 2.45) is 17.8 Å². The third-order valence-corrected chi connectivity index (χ3v) is 17.7. The van der Waals surface area contributed by atoms with Crippen LogP contribution in [0.4, 0.5) is 0 Å². The van der Waals surface area contributed by atoms with Gasteiger partial charge in [0.15, 0.2) is 12.2 Å². The van der Waals surface area contributed by atoms with Gasteiger partial charge in [-0.2, -0.15) is 0 Å². The van der Waals surface area contributed by atoms with Crippen LogP contribution in [0.5, 0.6) is 0 Å². The first kappa shape index (κ1) is 87.5. The molecule has 3 N–H and O–H groups in total. The largest absolute Gasteiger partial charge is 0.472 e. The van der Waals surface area contributed by atoms with E-state index in [0.717, 1.165) is 121 Å². The number of esters is 4. The highest BCUT2D eigenvalue weighted by Gasteiger charge is 2.30. The summed E-state index contributed by atoms with van der Waals surface area (Å²) in [4.78, 5) is 72.5. The molecule has 0 aromatic heterocycles. The maximum Gasteiger partial charge on any atom is 0.472 e. The van der Waals surface area contributed by atoms with Crippen molar-refractivity contribution in [3.8, 4) is 0 Å². The van der Waals surface area contributed by atoms with E-state index in [1.54, 1.807) is 0 Å². The van der Waals surface area contributed by atoms with Gasteiger partial charge in [-0.15, -0.1) is 0 Å². The molecule has 17 nitrogen and oxygen atoms in total. The van der Waals surface area contributed by atoms with Gasteiger partial charge in [-0.05, 0) is 69.1 Å². The summed E-state index contributed by atoms with van der Waals surface area (Å²) in [5.41, 5.74) is 0. The third kappa shape index (κ3) is 64.3. The Bertz CT molecular complexity index is 1860. The SMILES string of the molecule is CCCCCC/C=C\C=C/CCCCCCCC(=O)O[C@H](COC(=O)CCCCCCCCC(C)C)COP(=O)(O)OC[C@@H](O)COP(=O)(O)OC[C@@H](COC(=O)CCCCCCCCC(C)C)OC(=O)CCCCCCCCCCCCCCCCC(C)C. The summed E-state index contributed by atoms with van der Waals surface area (Å²) >= 11 is 0. The van der Waals surface area contributed by atoms with Gasteiger partial charge in [-0.1, -0.05) is 278 Å². The normalized spacial score (nSPS) is 14.4. The number of hydrogen-bond acceptors (Lipinski definition) is 15. The Kier molecular flexibility index (Phi) is 59.7. The average Bonchev–Trinajstić information content (AvgIpc) is 3.69. The van der Waals surface area contributed by atoms with Gasteiger partial charge in [0.25, 0.3) is 0 Å². The Morgan fingerprint density at radius 3 is 0.900 bits per heavy atom. The summed E-state index contributed by atoms with van der Waals surface area (Å²) in [5, 5.41) is 10.6.